The topological polar surface area (TPSA) is 103 Å². The number of hydrogen-bond acceptors (Lipinski definition) is 5. The van der Waals surface area contributed by atoms with Crippen LogP contribution in [0, 0.1) is 0 Å². The summed E-state index contributed by atoms with van der Waals surface area (Å²) in [6, 6.07) is 14.1. The summed E-state index contributed by atoms with van der Waals surface area (Å²) in [5.74, 6) is 0.704. The van der Waals surface area contributed by atoms with E-state index in [0.29, 0.717) is 18.9 Å². The molecule has 0 aliphatic rings. The standard InChI is InChI=1S/C25H27N5O/c26-9-7-22-11-18(8-10-29-22)5-6-19-12-23(16-28-14-19)31-17-21(27)13-20-15-30-25-4-2-1-3-24(20)25/h1-6,8,10-12,14-16,21,30H,7,9,13,17,26-27H2/t21-/m1/s1. The molecule has 3 aromatic heterocycles. The molecule has 0 fully saturated rings. The largest absolute Gasteiger partial charge is 0.490 e. The highest BCUT2D eigenvalue weighted by Crippen LogP contribution is 2.19. The number of fused-ring (bicyclic) bond motifs is 1. The molecule has 4 rings (SSSR count). The molecule has 4 aromatic rings. The van der Waals surface area contributed by atoms with E-state index < -0.39 is 0 Å². The molecule has 0 radical (unpaired) electrons. The molecule has 0 bridgehead atoms. The lowest BCUT2D eigenvalue weighted by Crippen LogP contribution is -2.30. The first-order chi connectivity index (χ1) is 15.2. The molecule has 158 valence electrons. The minimum absolute atomic E-state index is 0.115. The van der Waals surface area contributed by atoms with E-state index in [1.165, 1.54) is 10.9 Å². The van der Waals surface area contributed by atoms with Crippen LogP contribution in [0.2, 0.25) is 0 Å². The molecular weight excluding hydrogens is 386 g/mol. The van der Waals surface area contributed by atoms with Crippen molar-refractivity contribution in [1.82, 2.24) is 15.0 Å². The molecule has 0 saturated carbocycles. The molecule has 1 atom stereocenters. The van der Waals surface area contributed by atoms with E-state index in [0.717, 1.165) is 35.2 Å². The Bertz CT molecular complexity index is 1170. The SMILES string of the molecule is NCCc1cc(C=Cc2cncc(OC[C@H](N)Cc3c[nH]c4ccccc34)c2)ccn1. The Hall–Kier alpha value is -3.48. The highest BCUT2D eigenvalue weighted by molar-refractivity contribution is 5.83. The molecule has 0 aliphatic heterocycles. The second-order valence-electron chi connectivity index (χ2n) is 7.54. The lowest BCUT2D eigenvalue weighted by molar-refractivity contribution is 0.287. The first-order valence-corrected chi connectivity index (χ1v) is 10.4. The van der Waals surface area contributed by atoms with E-state index in [1.807, 2.05) is 48.7 Å². The third-order valence-electron chi connectivity index (χ3n) is 5.06. The number of para-hydroxylation sites is 1. The van der Waals surface area contributed by atoms with Crippen LogP contribution in [0.15, 0.2) is 67.3 Å². The summed E-state index contributed by atoms with van der Waals surface area (Å²) in [4.78, 5) is 11.9. The van der Waals surface area contributed by atoms with Crippen molar-refractivity contribution < 1.29 is 4.74 Å². The van der Waals surface area contributed by atoms with E-state index >= 15 is 0 Å². The number of nitrogens with zero attached hydrogens (tertiary/aromatic N) is 2. The second-order valence-corrected chi connectivity index (χ2v) is 7.54. The molecule has 6 nitrogen and oxygen atoms in total. The number of ether oxygens (including phenoxy) is 1. The fourth-order valence-corrected chi connectivity index (χ4v) is 3.53. The normalized spacial score (nSPS) is 12.5. The number of rotatable bonds is 9. The number of H-pyrrole nitrogens is 1. The Balaban J connectivity index is 1.35. The summed E-state index contributed by atoms with van der Waals surface area (Å²) in [6.45, 7) is 1.01. The van der Waals surface area contributed by atoms with Crippen molar-refractivity contribution in [3.63, 3.8) is 0 Å². The van der Waals surface area contributed by atoms with Crippen molar-refractivity contribution >= 4 is 23.1 Å². The van der Waals surface area contributed by atoms with Gasteiger partial charge in [-0.2, -0.15) is 0 Å². The fraction of sp³-hybridized carbons (Fsp3) is 0.200. The zero-order valence-electron chi connectivity index (χ0n) is 17.4. The number of pyridine rings is 2. The zero-order chi connectivity index (χ0) is 21.5. The summed E-state index contributed by atoms with van der Waals surface area (Å²) in [5.41, 5.74) is 17.3. The van der Waals surface area contributed by atoms with Gasteiger partial charge in [0.25, 0.3) is 0 Å². The summed E-state index contributed by atoms with van der Waals surface area (Å²) in [7, 11) is 0. The van der Waals surface area contributed by atoms with Crippen LogP contribution in [-0.4, -0.2) is 34.1 Å². The highest BCUT2D eigenvalue weighted by Gasteiger charge is 2.10. The monoisotopic (exact) mass is 413 g/mol. The maximum Gasteiger partial charge on any atom is 0.138 e. The van der Waals surface area contributed by atoms with Crippen molar-refractivity contribution in [1.29, 1.82) is 0 Å². The van der Waals surface area contributed by atoms with Gasteiger partial charge in [-0.25, -0.2) is 0 Å². The molecule has 0 spiro atoms. The van der Waals surface area contributed by atoms with Crippen molar-refractivity contribution in [2.24, 2.45) is 11.5 Å². The summed E-state index contributed by atoms with van der Waals surface area (Å²) in [6.07, 6.45) is 12.9. The molecule has 0 amide bonds. The predicted molar refractivity (Wildman–Crippen MR) is 126 cm³/mol. The van der Waals surface area contributed by atoms with Crippen LogP contribution >= 0.6 is 0 Å². The third-order valence-corrected chi connectivity index (χ3v) is 5.06. The smallest absolute Gasteiger partial charge is 0.138 e. The first-order valence-electron chi connectivity index (χ1n) is 10.4. The van der Waals surface area contributed by atoms with Gasteiger partial charge in [0, 0.05) is 47.7 Å². The Labute approximate surface area is 182 Å². The number of benzene rings is 1. The van der Waals surface area contributed by atoms with Gasteiger partial charge in [-0.15, -0.1) is 0 Å². The Morgan fingerprint density at radius 3 is 2.84 bits per heavy atom. The zero-order valence-corrected chi connectivity index (χ0v) is 17.4. The van der Waals surface area contributed by atoms with Gasteiger partial charge in [0.15, 0.2) is 0 Å². The Kier molecular flexibility index (Phi) is 6.72. The molecular formula is C25H27N5O. The summed E-state index contributed by atoms with van der Waals surface area (Å²) in [5, 5.41) is 1.21. The van der Waals surface area contributed by atoms with Crippen LogP contribution in [0.4, 0.5) is 0 Å². The number of hydrogen-bond donors (Lipinski definition) is 3. The minimum Gasteiger partial charge on any atom is -0.490 e. The van der Waals surface area contributed by atoms with Gasteiger partial charge in [-0.3, -0.25) is 9.97 Å². The van der Waals surface area contributed by atoms with Gasteiger partial charge in [0.1, 0.15) is 12.4 Å². The average molecular weight is 414 g/mol. The molecule has 1 aromatic carbocycles. The van der Waals surface area contributed by atoms with Crippen LogP contribution in [0.25, 0.3) is 23.1 Å². The minimum atomic E-state index is -0.115. The lowest BCUT2D eigenvalue weighted by atomic mass is 10.1. The van der Waals surface area contributed by atoms with Crippen molar-refractivity contribution in [3.05, 3.63) is 89.6 Å². The second kappa shape index (κ2) is 10.0. The molecule has 6 heteroatoms. The number of nitrogens with two attached hydrogens (primary N) is 2. The van der Waals surface area contributed by atoms with Gasteiger partial charge in [-0.05, 0) is 53.9 Å². The fourth-order valence-electron chi connectivity index (χ4n) is 3.53. The van der Waals surface area contributed by atoms with Gasteiger partial charge in [0.2, 0.25) is 0 Å². The van der Waals surface area contributed by atoms with Crippen LogP contribution < -0.4 is 16.2 Å². The van der Waals surface area contributed by atoms with Crippen LogP contribution in [0.1, 0.15) is 22.4 Å². The van der Waals surface area contributed by atoms with E-state index in [2.05, 4.69) is 27.1 Å². The quantitative estimate of drug-likeness (QED) is 0.389. The van der Waals surface area contributed by atoms with Gasteiger partial charge in [0.05, 0.1) is 6.20 Å². The first kappa shape index (κ1) is 20.8. The lowest BCUT2D eigenvalue weighted by Gasteiger charge is -2.13. The van der Waals surface area contributed by atoms with Crippen LogP contribution in [0.5, 0.6) is 5.75 Å². The Morgan fingerprint density at radius 2 is 1.94 bits per heavy atom. The van der Waals surface area contributed by atoms with Crippen LogP contribution in [0.3, 0.4) is 0 Å². The van der Waals surface area contributed by atoms with Crippen LogP contribution in [-0.2, 0) is 12.8 Å². The van der Waals surface area contributed by atoms with Gasteiger partial charge >= 0.3 is 0 Å². The third kappa shape index (κ3) is 5.57. The molecule has 3 heterocycles. The number of nitrogens with one attached hydrogen (secondary N) is 1. The van der Waals surface area contributed by atoms with Gasteiger partial charge in [-0.1, -0.05) is 30.4 Å². The predicted octanol–water partition coefficient (Wildman–Crippen LogP) is 3.58. The molecule has 0 aliphatic carbocycles. The molecule has 5 N–H and O–H groups in total. The summed E-state index contributed by atoms with van der Waals surface area (Å²) >= 11 is 0. The molecule has 0 unspecified atom stereocenters. The van der Waals surface area contributed by atoms with E-state index in [4.69, 9.17) is 16.2 Å². The maximum atomic E-state index is 6.33. The number of aromatic amines is 1. The van der Waals surface area contributed by atoms with Crippen molar-refractivity contribution in [2.75, 3.05) is 13.2 Å². The number of aromatic nitrogens is 3. The Morgan fingerprint density at radius 1 is 1.06 bits per heavy atom. The molecule has 0 saturated heterocycles. The van der Waals surface area contributed by atoms with Crippen molar-refractivity contribution in [2.45, 2.75) is 18.9 Å². The van der Waals surface area contributed by atoms with Gasteiger partial charge < -0.3 is 21.2 Å². The summed E-state index contributed by atoms with van der Waals surface area (Å²) < 4.78 is 5.92. The van der Waals surface area contributed by atoms with E-state index in [9.17, 15) is 0 Å². The maximum absolute atomic E-state index is 6.33. The van der Waals surface area contributed by atoms with E-state index in [-0.39, 0.29) is 6.04 Å². The average Bonchev–Trinajstić information content (AvgIpc) is 3.20. The highest BCUT2D eigenvalue weighted by atomic mass is 16.5. The van der Waals surface area contributed by atoms with E-state index in [1.54, 1.807) is 18.6 Å². The molecule has 31 heavy (non-hydrogen) atoms. The van der Waals surface area contributed by atoms with Crippen molar-refractivity contribution in [3.8, 4) is 5.75 Å².